The van der Waals surface area contributed by atoms with Crippen LogP contribution in [0.25, 0.3) is 0 Å². The summed E-state index contributed by atoms with van der Waals surface area (Å²) in [5.74, 6) is 0. The molecule has 1 rings (SSSR count). The molecule has 1 aromatic heterocycles. The molecule has 0 unspecified atom stereocenters. The summed E-state index contributed by atoms with van der Waals surface area (Å²) in [7, 11) is -7.74. The van der Waals surface area contributed by atoms with E-state index in [2.05, 4.69) is 8.61 Å². The summed E-state index contributed by atoms with van der Waals surface area (Å²) >= 11 is 0. The summed E-state index contributed by atoms with van der Waals surface area (Å²) < 4.78 is 43.8. The Morgan fingerprint density at radius 2 is 1.27 bits per heavy atom. The molecule has 0 radical (unpaired) electrons. The Labute approximate surface area is 89.2 Å². The Kier molecular flexibility index (Phi) is 5.40. The molecule has 0 aromatic carbocycles. The van der Waals surface area contributed by atoms with E-state index < -0.39 is 20.2 Å². The van der Waals surface area contributed by atoms with E-state index in [4.69, 9.17) is 0 Å². The van der Waals surface area contributed by atoms with E-state index in [1.807, 2.05) is 18.2 Å². The van der Waals surface area contributed by atoms with Crippen molar-refractivity contribution >= 4 is 20.2 Å². The number of aromatic nitrogens is 1. The van der Waals surface area contributed by atoms with Crippen molar-refractivity contribution in [2.75, 3.05) is 12.5 Å². The lowest BCUT2D eigenvalue weighted by molar-refractivity contribution is 0.471. The molecule has 86 valence electrons. The maximum Gasteiger partial charge on any atom is 0.278 e. The lowest BCUT2D eigenvalue weighted by atomic mass is 10.5. The first-order valence-electron chi connectivity index (χ1n) is 3.67. The van der Waals surface area contributed by atoms with Crippen LogP contribution in [0, 0.1) is 0 Å². The number of hydrogen-bond acceptors (Lipinski definition) is 6. The molecular formula is C7H11NO5S2. The van der Waals surface area contributed by atoms with Crippen LogP contribution in [0.3, 0.4) is 0 Å². The van der Waals surface area contributed by atoms with Gasteiger partial charge in [-0.05, 0) is 12.1 Å². The quantitative estimate of drug-likeness (QED) is 0.737. The fraction of sp³-hybridized carbons (Fsp3) is 0.286. The lowest BCUT2D eigenvalue weighted by Gasteiger charge is -1.92. The molecule has 0 N–H and O–H groups in total. The number of nitrogens with zero attached hydrogens (tertiary/aromatic N) is 1. The van der Waals surface area contributed by atoms with Crippen LogP contribution < -0.4 is 0 Å². The minimum Gasteiger partial charge on any atom is -0.265 e. The van der Waals surface area contributed by atoms with Crippen molar-refractivity contribution in [3.63, 3.8) is 0 Å². The molecule has 6 nitrogen and oxygen atoms in total. The van der Waals surface area contributed by atoms with Crippen LogP contribution in [0.15, 0.2) is 30.6 Å². The summed E-state index contributed by atoms with van der Waals surface area (Å²) in [6, 6.07) is 5.72. The standard InChI is InChI=1S/C5H5N.C2H6O5S2/c1-2-4-6-5-3-1;1-8(3,4)7-9(2,5)6/h1-5H;1-2H3. The second-order valence-corrected chi connectivity index (χ2v) is 5.86. The molecule has 0 aliphatic rings. The molecule has 0 saturated carbocycles. The van der Waals surface area contributed by atoms with Crippen LogP contribution in [0.2, 0.25) is 0 Å². The van der Waals surface area contributed by atoms with Gasteiger partial charge >= 0.3 is 0 Å². The van der Waals surface area contributed by atoms with E-state index in [-0.39, 0.29) is 0 Å². The third kappa shape index (κ3) is 13.0. The molecule has 15 heavy (non-hydrogen) atoms. The van der Waals surface area contributed by atoms with E-state index in [1.165, 1.54) is 0 Å². The molecule has 0 atom stereocenters. The summed E-state index contributed by atoms with van der Waals surface area (Å²) in [4.78, 5) is 3.78. The smallest absolute Gasteiger partial charge is 0.265 e. The zero-order valence-electron chi connectivity index (χ0n) is 8.19. The zero-order chi connectivity index (χ0) is 11.9. The average molecular weight is 253 g/mol. The van der Waals surface area contributed by atoms with Gasteiger partial charge in [-0.2, -0.15) is 16.8 Å². The Hall–Kier alpha value is -0.990. The highest BCUT2D eigenvalue weighted by atomic mass is 32.3. The van der Waals surface area contributed by atoms with Crippen LogP contribution in [0.5, 0.6) is 0 Å². The maximum absolute atomic E-state index is 10.0. The third-order valence-corrected chi connectivity index (χ3v) is 2.79. The largest absolute Gasteiger partial charge is 0.278 e. The van der Waals surface area contributed by atoms with Crippen molar-refractivity contribution in [3.8, 4) is 0 Å². The first-order valence-corrected chi connectivity index (χ1v) is 7.30. The van der Waals surface area contributed by atoms with Gasteiger partial charge in [-0.25, -0.2) is 0 Å². The summed E-state index contributed by atoms with van der Waals surface area (Å²) in [6.07, 6.45) is 4.82. The molecule has 1 heterocycles. The zero-order valence-corrected chi connectivity index (χ0v) is 9.82. The monoisotopic (exact) mass is 253 g/mol. The molecule has 0 amide bonds. The van der Waals surface area contributed by atoms with E-state index in [1.54, 1.807) is 12.4 Å². The maximum atomic E-state index is 10.0. The molecule has 8 heteroatoms. The SMILES string of the molecule is CS(=O)(=O)OS(C)(=O)=O.c1ccncc1. The second kappa shape index (κ2) is 5.79. The van der Waals surface area contributed by atoms with E-state index >= 15 is 0 Å². The summed E-state index contributed by atoms with van der Waals surface area (Å²) in [6.45, 7) is 0. The van der Waals surface area contributed by atoms with Crippen molar-refractivity contribution in [2.24, 2.45) is 0 Å². The van der Waals surface area contributed by atoms with Gasteiger partial charge in [0.2, 0.25) is 0 Å². The van der Waals surface area contributed by atoms with E-state index in [9.17, 15) is 16.8 Å². The molecule has 0 fully saturated rings. The normalized spacial score (nSPS) is 11.3. The van der Waals surface area contributed by atoms with Crippen LogP contribution in [-0.2, 0) is 23.9 Å². The van der Waals surface area contributed by atoms with Gasteiger partial charge in [-0.1, -0.05) is 6.07 Å². The molecule has 0 aliphatic carbocycles. The first-order chi connectivity index (χ1) is 6.71. The molecule has 0 saturated heterocycles. The average Bonchev–Trinajstić information content (AvgIpc) is 2.01. The molecular weight excluding hydrogens is 242 g/mol. The fourth-order valence-electron chi connectivity index (χ4n) is 0.537. The number of pyridine rings is 1. The predicted molar refractivity (Wildman–Crippen MR) is 55.0 cm³/mol. The highest BCUT2D eigenvalue weighted by Crippen LogP contribution is 1.92. The highest BCUT2D eigenvalue weighted by molar-refractivity contribution is 7.99. The Morgan fingerprint density at radius 3 is 1.33 bits per heavy atom. The van der Waals surface area contributed by atoms with Crippen molar-refractivity contribution in [1.29, 1.82) is 0 Å². The molecule has 0 spiro atoms. The van der Waals surface area contributed by atoms with Crippen molar-refractivity contribution in [3.05, 3.63) is 30.6 Å². The minimum absolute atomic E-state index is 0.661. The van der Waals surface area contributed by atoms with Gasteiger partial charge in [0.1, 0.15) is 0 Å². The van der Waals surface area contributed by atoms with Crippen LogP contribution in [0.1, 0.15) is 0 Å². The Bertz CT molecular complexity index is 409. The number of rotatable bonds is 2. The predicted octanol–water partition coefficient (Wildman–Crippen LogP) is 0.00380. The van der Waals surface area contributed by atoms with Gasteiger partial charge in [0.25, 0.3) is 20.2 Å². The second-order valence-electron chi connectivity index (χ2n) is 2.50. The first kappa shape index (κ1) is 14.0. The van der Waals surface area contributed by atoms with Crippen LogP contribution in [0.4, 0.5) is 0 Å². The lowest BCUT2D eigenvalue weighted by Crippen LogP contribution is -2.09. The van der Waals surface area contributed by atoms with Crippen LogP contribution in [-0.4, -0.2) is 34.3 Å². The Morgan fingerprint density at radius 1 is 0.867 bits per heavy atom. The van der Waals surface area contributed by atoms with Crippen molar-refractivity contribution in [1.82, 2.24) is 4.98 Å². The van der Waals surface area contributed by atoms with Crippen LogP contribution >= 0.6 is 0 Å². The number of hydrogen-bond donors (Lipinski definition) is 0. The topological polar surface area (TPSA) is 90.4 Å². The van der Waals surface area contributed by atoms with Gasteiger partial charge in [-0.15, -0.1) is 3.63 Å². The third-order valence-electron chi connectivity index (χ3n) is 0.814. The highest BCUT2D eigenvalue weighted by Gasteiger charge is 2.10. The van der Waals surface area contributed by atoms with Gasteiger partial charge in [0, 0.05) is 12.4 Å². The molecule has 0 aliphatic heterocycles. The fourth-order valence-corrected chi connectivity index (χ4v) is 2.33. The van der Waals surface area contributed by atoms with Crippen molar-refractivity contribution in [2.45, 2.75) is 0 Å². The molecule has 1 aromatic rings. The summed E-state index contributed by atoms with van der Waals surface area (Å²) in [5.41, 5.74) is 0. The van der Waals surface area contributed by atoms with Gasteiger partial charge < -0.3 is 0 Å². The van der Waals surface area contributed by atoms with Gasteiger partial charge in [-0.3, -0.25) is 4.98 Å². The summed E-state index contributed by atoms with van der Waals surface area (Å²) in [5, 5.41) is 0. The van der Waals surface area contributed by atoms with Gasteiger partial charge in [0.15, 0.2) is 0 Å². The van der Waals surface area contributed by atoms with E-state index in [0.29, 0.717) is 12.5 Å². The van der Waals surface area contributed by atoms with Gasteiger partial charge in [0.05, 0.1) is 12.5 Å². The minimum atomic E-state index is -3.87. The Balaban J connectivity index is 0.000000280. The van der Waals surface area contributed by atoms with E-state index in [0.717, 1.165) is 0 Å². The molecule has 0 bridgehead atoms. The van der Waals surface area contributed by atoms with Crippen molar-refractivity contribution < 1.29 is 20.5 Å².